The van der Waals surface area contributed by atoms with Crippen LogP contribution in [-0.4, -0.2) is 4.57 Å². The van der Waals surface area contributed by atoms with E-state index >= 15 is 0 Å². The smallest absolute Gasteiger partial charge is 0.0497 e. The van der Waals surface area contributed by atoms with Crippen LogP contribution >= 0.6 is 38.5 Å². The molecule has 2 nitrogen and oxygen atoms in total. The maximum atomic E-state index is 3.57. The van der Waals surface area contributed by atoms with Crippen LogP contribution in [0.2, 0.25) is 0 Å². The summed E-state index contributed by atoms with van der Waals surface area (Å²) in [6, 6.07) is 8.56. The Bertz CT molecular complexity index is 575. The summed E-state index contributed by atoms with van der Waals surface area (Å²) in [6.07, 6.45) is 0. The van der Waals surface area contributed by atoms with E-state index in [1.807, 2.05) is 0 Å². The zero-order valence-electron chi connectivity index (χ0n) is 10.7. The van der Waals surface area contributed by atoms with Crippen LogP contribution in [0.3, 0.4) is 0 Å². The normalized spacial score (nSPS) is 10.7. The Morgan fingerprint density at radius 2 is 2.00 bits per heavy atom. The van der Waals surface area contributed by atoms with Crippen LogP contribution in [0.25, 0.3) is 0 Å². The van der Waals surface area contributed by atoms with Gasteiger partial charge in [-0.25, -0.2) is 0 Å². The summed E-state index contributed by atoms with van der Waals surface area (Å²) in [5.74, 6) is 0. The summed E-state index contributed by atoms with van der Waals surface area (Å²) in [6.45, 7) is 5.15. The van der Waals surface area contributed by atoms with Crippen LogP contribution in [0.4, 0.5) is 5.69 Å². The molecule has 0 aliphatic carbocycles. The quantitative estimate of drug-likeness (QED) is 0.719. The highest BCUT2D eigenvalue weighted by molar-refractivity contribution is 14.1. The van der Waals surface area contributed by atoms with E-state index in [0.717, 1.165) is 16.7 Å². The van der Waals surface area contributed by atoms with Crippen molar-refractivity contribution in [3.63, 3.8) is 0 Å². The van der Waals surface area contributed by atoms with E-state index in [1.165, 1.54) is 20.5 Å². The Morgan fingerprint density at radius 3 is 2.61 bits per heavy atom. The highest BCUT2D eigenvalue weighted by Gasteiger charge is 2.06. The van der Waals surface area contributed by atoms with Crippen LogP contribution in [0.5, 0.6) is 0 Å². The van der Waals surface area contributed by atoms with E-state index < -0.39 is 0 Å². The Balaban J connectivity index is 2.16. The minimum atomic E-state index is 0.853. The lowest BCUT2D eigenvalue weighted by Gasteiger charge is -2.09. The molecule has 1 aromatic heterocycles. The van der Waals surface area contributed by atoms with Crippen LogP contribution in [0.15, 0.2) is 28.7 Å². The number of benzene rings is 1. The number of hydrogen-bond acceptors (Lipinski definition) is 1. The average molecular weight is 419 g/mol. The van der Waals surface area contributed by atoms with Crippen molar-refractivity contribution < 1.29 is 0 Å². The molecule has 0 saturated heterocycles. The minimum absolute atomic E-state index is 0.853. The number of nitrogens with one attached hydrogen (secondary N) is 1. The van der Waals surface area contributed by atoms with Gasteiger partial charge in [0.05, 0.1) is 0 Å². The molecular formula is C14H16BrIN2. The molecule has 0 radical (unpaired) electrons. The molecule has 0 bridgehead atoms. The summed E-state index contributed by atoms with van der Waals surface area (Å²) in [5.41, 5.74) is 5.11. The second kappa shape index (κ2) is 5.65. The minimum Gasteiger partial charge on any atom is -0.380 e. The van der Waals surface area contributed by atoms with Crippen molar-refractivity contribution in [2.24, 2.45) is 7.05 Å². The monoisotopic (exact) mass is 418 g/mol. The Labute approximate surface area is 130 Å². The Hall–Kier alpha value is -0.490. The third-order valence-electron chi connectivity index (χ3n) is 3.28. The second-order valence-corrected chi connectivity index (χ2v) is 6.53. The van der Waals surface area contributed by atoms with Gasteiger partial charge in [-0.15, -0.1) is 0 Å². The van der Waals surface area contributed by atoms with E-state index in [2.05, 4.69) is 93.6 Å². The SMILES string of the molecule is Cc1cc(CNc2cc(I)ccc2Br)c(C)n1C. The number of rotatable bonds is 3. The van der Waals surface area contributed by atoms with E-state index in [4.69, 9.17) is 0 Å². The highest BCUT2D eigenvalue weighted by atomic mass is 127. The van der Waals surface area contributed by atoms with Gasteiger partial charge in [0.2, 0.25) is 0 Å². The number of aryl methyl sites for hydroxylation is 1. The molecule has 0 amide bonds. The first-order valence-electron chi connectivity index (χ1n) is 5.79. The zero-order valence-corrected chi connectivity index (χ0v) is 14.5. The molecule has 0 spiro atoms. The van der Waals surface area contributed by atoms with Gasteiger partial charge in [-0.1, -0.05) is 0 Å². The first-order valence-corrected chi connectivity index (χ1v) is 7.67. The third kappa shape index (κ3) is 2.91. The van der Waals surface area contributed by atoms with Crippen LogP contribution in [0, 0.1) is 17.4 Å². The van der Waals surface area contributed by atoms with Crippen molar-refractivity contribution in [2.45, 2.75) is 20.4 Å². The Kier molecular flexibility index (Phi) is 4.37. The molecule has 4 heteroatoms. The van der Waals surface area contributed by atoms with Crippen LogP contribution < -0.4 is 5.32 Å². The first kappa shape index (κ1) is 13.9. The van der Waals surface area contributed by atoms with Gasteiger partial charge in [0.1, 0.15) is 0 Å². The van der Waals surface area contributed by atoms with Gasteiger partial charge in [0.25, 0.3) is 0 Å². The molecule has 1 heterocycles. The van der Waals surface area contributed by atoms with E-state index in [0.29, 0.717) is 0 Å². The molecule has 0 atom stereocenters. The van der Waals surface area contributed by atoms with Crippen molar-refractivity contribution in [1.29, 1.82) is 0 Å². The van der Waals surface area contributed by atoms with E-state index in [1.54, 1.807) is 0 Å². The molecule has 18 heavy (non-hydrogen) atoms. The average Bonchev–Trinajstić information content (AvgIpc) is 2.58. The highest BCUT2D eigenvalue weighted by Crippen LogP contribution is 2.25. The molecule has 2 aromatic rings. The first-order chi connectivity index (χ1) is 8.49. The van der Waals surface area contributed by atoms with Crippen molar-refractivity contribution >= 4 is 44.2 Å². The summed E-state index contributed by atoms with van der Waals surface area (Å²) >= 11 is 5.90. The topological polar surface area (TPSA) is 17.0 Å². The lowest BCUT2D eigenvalue weighted by Crippen LogP contribution is -2.02. The van der Waals surface area contributed by atoms with Crippen LogP contribution in [-0.2, 0) is 13.6 Å². The Morgan fingerprint density at radius 1 is 1.28 bits per heavy atom. The number of aromatic nitrogens is 1. The molecule has 0 unspecified atom stereocenters. The summed E-state index contributed by atoms with van der Waals surface area (Å²) in [4.78, 5) is 0. The number of anilines is 1. The van der Waals surface area contributed by atoms with Crippen LogP contribution in [0.1, 0.15) is 17.0 Å². The molecule has 2 rings (SSSR count). The van der Waals surface area contributed by atoms with Gasteiger partial charge in [-0.2, -0.15) is 0 Å². The van der Waals surface area contributed by atoms with Gasteiger partial charge >= 0.3 is 0 Å². The number of hydrogen-bond donors (Lipinski definition) is 1. The standard InChI is InChI=1S/C14H16BrIN2/c1-9-6-11(10(2)18(9)3)8-17-14-7-12(16)4-5-13(14)15/h4-7,17H,8H2,1-3H3. The summed E-state index contributed by atoms with van der Waals surface area (Å²) in [5, 5.41) is 3.49. The van der Waals surface area contributed by atoms with Gasteiger partial charge in [0.15, 0.2) is 0 Å². The number of halogens is 2. The molecule has 0 aliphatic heterocycles. The van der Waals surface area contributed by atoms with E-state index in [-0.39, 0.29) is 0 Å². The third-order valence-corrected chi connectivity index (χ3v) is 4.64. The molecule has 96 valence electrons. The van der Waals surface area contributed by atoms with Gasteiger partial charge in [-0.3, -0.25) is 0 Å². The maximum absolute atomic E-state index is 3.57. The summed E-state index contributed by atoms with van der Waals surface area (Å²) in [7, 11) is 2.11. The van der Waals surface area contributed by atoms with Gasteiger partial charge in [0, 0.05) is 38.7 Å². The fourth-order valence-electron chi connectivity index (χ4n) is 1.94. The summed E-state index contributed by atoms with van der Waals surface area (Å²) < 4.78 is 4.56. The van der Waals surface area contributed by atoms with Crippen molar-refractivity contribution in [3.05, 3.63) is 49.3 Å². The molecule has 1 N–H and O–H groups in total. The number of nitrogens with zero attached hydrogens (tertiary/aromatic N) is 1. The lowest BCUT2D eigenvalue weighted by molar-refractivity contribution is 0.837. The van der Waals surface area contributed by atoms with Crippen molar-refractivity contribution in [2.75, 3.05) is 5.32 Å². The predicted molar refractivity (Wildman–Crippen MR) is 89.1 cm³/mol. The largest absolute Gasteiger partial charge is 0.380 e. The van der Waals surface area contributed by atoms with Crippen molar-refractivity contribution in [1.82, 2.24) is 4.57 Å². The van der Waals surface area contributed by atoms with Gasteiger partial charge in [-0.05, 0) is 82.2 Å². The predicted octanol–water partition coefficient (Wildman–Crippen LogP) is 4.62. The fourth-order valence-corrected chi connectivity index (χ4v) is 2.81. The molecular weight excluding hydrogens is 403 g/mol. The second-order valence-electron chi connectivity index (χ2n) is 4.43. The molecule has 0 saturated carbocycles. The zero-order chi connectivity index (χ0) is 13.3. The molecule has 0 fully saturated rings. The molecule has 0 aliphatic rings. The lowest BCUT2D eigenvalue weighted by atomic mass is 10.2. The maximum Gasteiger partial charge on any atom is 0.0497 e. The fraction of sp³-hybridized carbons (Fsp3) is 0.286. The van der Waals surface area contributed by atoms with E-state index in [9.17, 15) is 0 Å². The van der Waals surface area contributed by atoms with Crippen molar-refractivity contribution in [3.8, 4) is 0 Å². The molecule has 1 aromatic carbocycles. The van der Waals surface area contributed by atoms with Gasteiger partial charge < -0.3 is 9.88 Å².